The molecule has 1 saturated heterocycles. The van der Waals surface area contributed by atoms with Crippen molar-refractivity contribution in [3.63, 3.8) is 0 Å². The van der Waals surface area contributed by atoms with Gasteiger partial charge in [0.05, 0.1) is 23.6 Å². The van der Waals surface area contributed by atoms with Crippen LogP contribution in [0.25, 0.3) is 0 Å². The number of carbonyl (C=O) groups is 1. The summed E-state index contributed by atoms with van der Waals surface area (Å²) in [7, 11) is 0. The van der Waals surface area contributed by atoms with Crippen LogP contribution >= 0.6 is 0 Å². The van der Waals surface area contributed by atoms with Crippen LogP contribution in [0.15, 0.2) is 0 Å². The third-order valence-electron chi connectivity index (χ3n) is 5.65. The molecule has 2 fully saturated rings. The zero-order chi connectivity index (χ0) is 15.7. The molecule has 1 aromatic rings. The molecule has 0 N–H and O–H groups in total. The van der Waals surface area contributed by atoms with Crippen LogP contribution in [-0.2, 0) is 28.9 Å². The monoisotopic (exact) mass is 318 g/mol. The third kappa shape index (κ3) is 3.01. The van der Waals surface area contributed by atoms with Crippen molar-refractivity contribution in [2.24, 2.45) is 0 Å². The second-order valence-corrected chi connectivity index (χ2v) is 7.26. The van der Waals surface area contributed by atoms with Crippen molar-refractivity contribution in [1.29, 1.82) is 0 Å². The molecule has 0 bridgehead atoms. The third-order valence-corrected chi connectivity index (χ3v) is 5.65. The Bertz CT molecular complexity index is 572. The number of rotatable bonds is 2. The van der Waals surface area contributed by atoms with E-state index < -0.39 is 0 Å². The Morgan fingerprint density at radius 1 is 1.13 bits per heavy atom. The summed E-state index contributed by atoms with van der Waals surface area (Å²) in [6.45, 7) is 2.46. The largest absolute Gasteiger partial charge is 0.371 e. The van der Waals surface area contributed by atoms with Crippen molar-refractivity contribution in [3.05, 3.63) is 11.4 Å². The SMILES string of the molecule is O=C(Cn1nnc2c1CCCC2)N1CCOC2(CCCCC2)C1. The smallest absolute Gasteiger partial charge is 0.244 e. The zero-order valence-electron chi connectivity index (χ0n) is 13.8. The molecule has 23 heavy (non-hydrogen) atoms. The van der Waals surface area contributed by atoms with E-state index in [1.165, 1.54) is 37.8 Å². The van der Waals surface area contributed by atoms with Crippen molar-refractivity contribution in [2.75, 3.05) is 19.7 Å². The number of nitrogens with zero attached hydrogens (tertiary/aromatic N) is 4. The summed E-state index contributed by atoms with van der Waals surface area (Å²) < 4.78 is 7.92. The Morgan fingerprint density at radius 3 is 2.83 bits per heavy atom. The van der Waals surface area contributed by atoms with Crippen LogP contribution in [0.3, 0.4) is 0 Å². The molecule has 2 aliphatic carbocycles. The lowest BCUT2D eigenvalue weighted by molar-refractivity contribution is -0.157. The van der Waals surface area contributed by atoms with Gasteiger partial charge in [-0.25, -0.2) is 4.68 Å². The second kappa shape index (κ2) is 6.23. The Balaban J connectivity index is 1.43. The van der Waals surface area contributed by atoms with Crippen LogP contribution < -0.4 is 0 Å². The van der Waals surface area contributed by atoms with E-state index in [1.54, 1.807) is 0 Å². The number of fused-ring (bicyclic) bond motifs is 1. The van der Waals surface area contributed by atoms with Crippen molar-refractivity contribution in [1.82, 2.24) is 19.9 Å². The summed E-state index contributed by atoms with van der Waals surface area (Å²) in [5.41, 5.74) is 2.19. The van der Waals surface area contributed by atoms with Gasteiger partial charge in [-0.05, 0) is 38.5 Å². The average Bonchev–Trinajstić information content (AvgIpc) is 2.99. The summed E-state index contributed by atoms with van der Waals surface area (Å²) in [5, 5.41) is 8.48. The first-order chi connectivity index (χ1) is 11.3. The molecule has 4 rings (SSSR count). The Labute approximate surface area is 137 Å². The molecule has 6 heteroatoms. The van der Waals surface area contributed by atoms with Gasteiger partial charge in [-0.1, -0.05) is 24.5 Å². The second-order valence-electron chi connectivity index (χ2n) is 7.26. The van der Waals surface area contributed by atoms with Crippen LogP contribution in [-0.4, -0.2) is 51.1 Å². The number of aromatic nitrogens is 3. The fourth-order valence-corrected chi connectivity index (χ4v) is 4.33. The highest BCUT2D eigenvalue weighted by atomic mass is 16.5. The van der Waals surface area contributed by atoms with Gasteiger partial charge in [0.25, 0.3) is 0 Å². The van der Waals surface area contributed by atoms with Gasteiger partial charge in [0, 0.05) is 13.1 Å². The molecule has 6 nitrogen and oxygen atoms in total. The van der Waals surface area contributed by atoms with Crippen LogP contribution in [0.5, 0.6) is 0 Å². The van der Waals surface area contributed by atoms with E-state index in [2.05, 4.69) is 10.3 Å². The van der Waals surface area contributed by atoms with Gasteiger partial charge in [-0.3, -0.25) is 4.79 Å². The van der Waals surface area contributed by atoms with Crippen LogP contribution in [0.2, 0.25) is 0 Å². The summed E-state index contributed by atoms with van der Waals surface area (Å²) in [6.07, 6.45) is 10.3. The number of hydrogen-bond acceptors (Lipinski definition) is 4. The highest BCUT2D eigenvalue weighted by Crippen LogP contribution is 2.34. The summed E-state index contributed by atoms with van der Waals surface area (Å²) in [6, 6.07) is 0. The molecule has 1 aromatic heterocycles. The minimum atomic E-state index is -0.0754. The first-order valence-electron chi connectivity index (χ1n) is 9.09. The number of amides is 1. The van der Waals surface area contributed by atoms with Crippen LogP contribution in [0.1, 0.15) is 56.3 Å². The first kappa shape index (κ1) is 15.1. The van der Waals surface area contributed by atoms with Crippen molar-refractivity contribution >= 4 is 5.91 Å². The number of carbonyl (C=O) groups excluding carboxylic acids is 1. The number of hydrogen-bond donors (Lipinski definition) is 0. The molecular weight excluding hydrogens is 292 g/mol. The van der Waals surface area contributed by atoms with E-state index in [9.17, 15) is 4.79 Å². The maximum absolute atomic E-state index is 12.8. The fourth-order valence-electron chi connectivity index (χ4n) is 4.33. The predicted octanol–water partition coefficient (Wildman–Crippen LogP) is 1.72. The Hall–Kier alpha value is -1.43. The maximum Gasteiger partial charge on any atom is 0.244 e. The molecule has 126 valence electrons. The maximum atomic E-state index is 12.8. The van der Waals surface area contributed by atoms with Gasteiger partial charge < -0.3 is 9.64 Å². The molecule has 1 amide bonds. The molecule has 2 heterocycles. The van der Waals surface area contributed by atoms with E-state index in [1.807, 2.05) is 9.58 Å². The van der Waals surface area contributed by atoms with Gasteiger partial charge in [-0.15, -0.1) is 5.10 Å². The zero-order valence-corrected chi connectivity index (χ0v) is 13.8. The Morgan fingerprint density at radius 2 is 1.96 bits per heavy atom. The highest BCUT2D eigenvalue weighted by molar-refractivity contribution is 5.76. The van der Waals surface area contributed by atoms with E-state index in [-0.39, 0.29) is 11.5 Å². The molecule has 3 aliphatic rings. The van der Waals surface area contributed by atoms with E-state index in [4.69, 9.17) is 4.74 Å². The van der Waals surface area contributed by atoms with Gasteiger partial charge in [-0.2, -0.15) is 0 Å². The van der Waals surface area contributed by atoms with Crippen molar-refractivity contribution in [2.45, 2.75) is 69.9 Å². The number of ether oxygens (including phenoxy) is 1. The topological polar surface area (TPSA) is 60.2 Å². The molecule has 1 spiro atoms. The van der Waals surface area contributed by atoms with Gasteiger partial charge in [0.1, 0.15) is 6.54 Å². The summed E-state index contributed by atoms with van der Waals surface area (Å²) >= 11 is 0. The van der Waals surface area contributed by atoms with Crippen LogP contribution in [0.4, 0.5) is 0 Å². The van der Waals surface area contributed by atoms with Gasteiger partial charge in [0.15, 0.2) is 0 Å². The summed E-state index contributed by atoms with van der Waals surface area (Å²) in [4.78, 5) is 14.8. The molecule has 0 atom stereocenters. The normalized spacial score (nSPS) is 23.7. The van der Waals surface area contributed by atoms with Gasteiger partial charge in [0.2, 0.25) is 5.91 Å². The molecule has 0 unspecified atom stereocenters. The molecular formula is C17H26N4O2. The quantitative estimate of drug-likeness (QED) is 0.833. The molecule has 1 aliphatic heterocycles. The molecule has 0 aromatic carbocycles. The number of morpholine rings is 1. The average molecular weight is 318 g/mol. The standard InChI is InChI=1S/C17H26N4O2/c22-16(12-21-15-7-3-2-6-14(15)18-19-21)20-10-11-23-17(13-20)8-4-1-5-9-17/h1-13H2. The summed E-state index contributed by atoms with van der Waals surface area (Å²) in [5.74, 6) is 0.163. The molecule has 0 radical (unpaired) electrons. The first-order valence-corrected chi connectivity index (χ1v) is 9.09. The van der Waals surface area contributed by atoms with Crippen LogP contribution in [0, 0.1) is 0 Å². The lowest BCUT2D eigenvalue weighted by atomic mass is 9.83. The fraction of sp³-hybridized carbons (Fsp3) is 0.824. The van der Waals surface area contributed by atoms with Crippen molar-refractivity contribution in [3.8, 4) is 0 Å². The lowest BCUT2D eigenvalue weighted by Gasteiger charge is -2.45. The Kier molecular flexibility index (Phi) is 4.09. The number of aryl methyl sites for hydroxylation is 1. The van der Waals surface area contributed by atoms with Crippen molar-refractivity contribution < 1.29 is 9.53 Å². The van der Waals surface area contributed by atoms with Gasteiger partial charge >= 0.3 is 0 Å². The molecule has 1 saturated carbocycles. The van der Waals surface area contributed by atoms with E-state index in [0.717, 1.165) is 37.9 Å². The minimum Gasteiger partial charge on any atom is -0.371 e. The predicted molar refractivity (Wildman–Crippen MR) is 85.0 cm³/mol. The van der Waals surface area contributed by atoms with E-state index >= 15 is 0 Å². The van der Waals surface area contributed by atoms with E-state index in [0.29, 0.717) is 19.7 Å². The highest BCUT2D eigenvalue weighted by Gasteiger charge is 2.39. The minimum absolute atomic E-state index is 0.0754. The lowest BCUT2D eigenvalue weighted by Crippen LogP contribution is -2.55.